The minimum absolute atomic E-state index is 0.00980. The van der Waals surface area contributed by atoms with E-state index in [0.29, 0.717) is 0 Å². The van der Waals surface area contributed by atoms with Gasteiger partial charge in [-0.05, 0) is 61.5 Å². The fourth-order valence-corrected chi connectivity index (χ4v) is 5.42. The number of anilines is 1. The Bertz CT molecular complexity index is 1440. The normalized spacial score (nSPS) is 12.5. The summed E-state index contributed by atoms with van der Waals surface area (Å²) in [5.74, 6) is -0.220. The summed E-state index contributed by atoms with van der Waals surface area (Å²) in [6.45, 7) is 1.81. The zero-order valence-electron chi connectivity index (χ0n) is 16.0. The SMILES string of the molecule is Cc1ccc(S(=O)(=O)c2ccc(S(=O)(=O)Oc3ccc(S(=O)(=O)O)cc3)cc2N)cc1. The van der Waals surface area contributed by atoms with E-state index >= 15 is 0 Å². The van der Waals surface area contributed by atoms with Gasteiger partial charge in [0.05, 0.1) is 20.4 Å². The number of hydrogen-bond donors (Lipinski definition) is 2. The van der Waals surface area contributed by atoms with Gasteiger partial charge >= 0.3 is 10.1 Å². The van der Waals surface area contributed by atoms with Crippen molar-refractivity contribution < 1.29 is 34.0 Å². The fraction of sp³-hybridized carbons (Fsp3) is 0.0526. The molecule has 9 nitrogen and oxygen atoms in total. The highest BCUT2D eigenvalue weighted by Gasteiger charge is 2.24. The van der Waals surface area contributed by atoms with Gasteiger partial charge in [-0.25, -0.2) is 8.42 Å². The molecule has 0 aliphatic carbocycles. The molecule has 0 radical (unpaired) electrons. The van der Waals surface area contributed by atoms with E-state index in [1.807, 2.05) is 0 Å². The summed E-state index contributed by atoms with van der Waals surface area (Å²) < 4.78 is 86.6. The summed E-state index contributed by atoms with van der Waals surface area (Å²) in [5.41, 5.74) is 6.42. The van der Waals surface area contributed by atoms with Gasteiger partial charge in [-0.3, -0.25) is 4.55 Å². The lowest BCUT2D eigenvalue weighted by Crippen LogP contribution is -2.12. The molecular formula is C19H17NO8S3. The molecule has 0 amide bonds. The minimum Gasteiger partial charge on any atom is -0.398 e. The molecule has 0 heterocycles. The highest BCUT2D eigenvalue weighted by molar-refractivity contribution is 7.91. The summed E-state index contributed by atoms with van der Waals surface area (Å²) in [6, 6.07) is 13.2. The molecule has 0 fully saturated rings. The van der Waals surface area contributed by atoms with Crippen LogP contribution in [0.3, 0.4) is 0 Å². The largest absolute Gasteiger partial charge is 0.398 e. The average Bonchev–Trinajstić information content (AvgIpc) is 2.67. The monoisotopic (exact) mass is 483 g/mol. The van der Waals surface area contributed by atoms with Gasteiger partial charge in [-0.2, -0.15) is 16.8 Å². The van der Waals surface area contributed by atoms with E-state index in [0.717, 1.165) is 48.0 Å². The van der Waals surface area contributed by atoms with Crippen LogP contribution in [0.1, 0.15) is 5.56 Å². The van der Waals surface area contributed by atoms with E-state index in [-0.39, 0.29) is 21.2 Å². The molecular weight excluding hydrogens is 466 g/mol. The third-order valence-corrected chi connectivity index (χ3v) is 8.17. The van der Waals surface area contributed by atoms with Gasteiger partial charge in [0.1, 0.15) is 10.6 Å². The van der Waals surface area contributed by atoms with Gasteiger partial charge in [0.15, 0.2) is 0 Å². The Balaban J connectivity index is 1.92. The van der Waals surface area contributed by atoms with Gasteiger partial charge < -0.3 is 9.92 Å². The van der Waals surface area contributed by atoms with E-state index in [2.05, 4.69) is 0 Å². The van der Waals surface area contributed by atoms with Gasteiger partial charge in [-0.1, -0.05) is 17.7 Å². The Morgan fingerprint density at radius 3 is 1.77 bits per heavy atom. The molecule has 0 atom stereocenters. The summed E-state index contributed by atoms with van der Waals surface area (Å²) in [7, 11) is -12.8. The van der Waals surface area contributed by atoms with Crippen LogP contribution in [0.2, 0.25) is 0 Å². The Hall–Kier alpha value is -2.93. The first kappa shape index (κ1) is 22.7. The summed E-state index contributed by atoms with van der Waals surface area (Å²) >= 11 is 0. The highest BCUT2D eigenvalue weighted by Crippen LogP contribution is 2.29. The van der Waals surface area contributed by atoms with Crippen LogP contribution in [0.4, 0.5) is 5.69 Å². The van der Waals surface area contributed by atoms with E-state index in [1.165, 1.54) is 12.1 Å². The predicted octanol–water partition coefficient (Wildman–Crippen LogP) is 2.42. The number of nitrogen functional groups attached to an aromatic ring is 1. The standard InChI is InChI=1S/C19H17NO8S3/c1-13-2-6-15(7-3-13)29(21,22)19-11-10-17(12-18(19)20)31(26,27)28-14-4-8-16(9-5-14)30(23,24)25/h2-12H,20H2,1H3,(H,23,24,25). The Morgan fingerprint density at radius 1 is 0.742 bits per heavy atom. The Labute approximate surface area is 179 Å². The molecule has 0 aromatic heterocycles. The van der Waals surface area contributed by atoms with Crippen molar-refractivity contribution in [1.29, 1.82) is 0 Å². The van der Waals surface area contributed by atoms with Crippen molar-refractivity contribution in [2.45, 2.75) is 26.5 Å². The fourth-order valence-electron chi connectivity index (χ4n) is 2.61. The van der Waals surface area contributed by atoms with Crippen LogP contribution in [0.5, 0.6) is 5.75 Å². The second kappa shape index (κ2) is 7.96. The molecule has 0 aliphatic rings. The number of rotatable bonds is 6. The topological polar surface area (TPSA) is 158 Å². The summed E-state index contributed by atoms with van der Waals surface area (Å²) in [5, 5.41) is 0. The number of benzene rings is 3. The number of aryl methyl sites for hydroxylation is 1. The van der Waals surface area contributed by atoms with Crippen LogP contribution >= 0.6 is 0 Å². The molecule has 0 unspecified atom stereocenters. The molecule has 0 saturated heterocycles. The van der Waals surface area contributed by atoms with Gasteiger partial charge in [-0.15, -0.1) is 0 Å². The first-order chi connectivity index (χ1) is 14.3. The zero-order chi connectivity index (χ0) is 23.0. The van der Waals surface area contributed by atoms with Crippen molar-refractivity contribution in [1.82, 2.24) is 0 Å². The van der Waals surface area contributed by atoms with Crippen LogP contribution < -0.4 is 9.92 Å². The third kappa shape index (κ3) is 4.88. The lowest BCUT2D eigenvalue weighted by atomic mass is 10.2. The summed E-state index contributed by atoms with van der Waals surface area (Å²) in [4.78, 5) is -1.08. The second-order valence-corrected chi connectivity index (χ2v) is 11.4. The van der Waals surface area contributed by atoms with Gasteiger partial charge in [0.2, 0.25) is 9.84 Å². The molecule has 0 aliphatic heterocycles. The predicted molar refractivity (Wildman–Crippen MR) is 112 cm³/mol. The van der Waals surface area contributed by atoms with Crippen molar-refractivity contribution in [3.63, 3.8) is 0 Å². The molecule has 12 heteroatoms. The maximum atomic E-state index is 12.8. The van der Waals surface area contributed by atoms with Crippen LogP contribution in [0, 0.1) is 6.92 Å². The van der Waals surface area contributed by atoms with Crippen molar-refractivity contribution in [3.8, 4) is 5.75 Å². The molecule has 0 spiro atoms. The highest BCUT2D eigenvalue weighted by atomic mass is 32.2. The number of hydrogen-bond acceptors (Lipinski definition) is 8. The average molecular weight is 484 g/mol. The number of nitrogens with two attached hydrogens (primary N) is 1. The molecule has 3 aromatic carbocycles. The molecule has 3 aromatic rings. The lowest BCUT2D eigenvalue weighted by molar-refractivity contribution is 0.482. The third-order valence-electron chi connectivity index (χ3n) is 4.22. The molecule has 0 bridgehead atoms. The maximum Gasteiger partial charge on any atom is 0.339 e. The van der Waals surface area contributed by atoms with Crippen LogP contribution in [0.15, 0.2) is 86.3 Å². The zero-order valence-corrected chi connectivity index (χ0v) is 18.4. The van der Waals surface area contributed by atoms with Crippen LogP contribution in [-0.2, 0) is 30.1 Å². The maximum absolute atomic E-state index is 12.8. The van der Waals surface area contributed by atoms with E-state index < -0.39 is 39.9 Å². The number of sulfone groups is 1. The lowest BCUT2D eigenvalue weighted by Gasteiger charge is -2.11. The first-order valence-electron chi connectivity index (χ1n) is 8.54. The quantitative estimate of drug-likeness (QED) is 0.305. The molecule has 164 valence electrons. The Morgan fingerprint density at radius 2 is 1.26 bits per heavy atom. The van der Waals surface area contributed by atoms with Crippen LogP contribution in [-0.4, -0.2) is 29.8 Å². The van der Waals surface area contributed by atoms with Gasteiger partial charge in [0, 0.05) is 0 Å². The van der Waals surface area contributed by atoms with Gasteiger partial charge in [0.25, 0.3) is 10.1 Å². The Kier molecular flexibility index (Phi) is 5.84. The van der Waals surface area contributed by atoms with E-state index in [4.69, 9.17) is 14.5 Å². The smallest absolute Gasteiger partial charge is 0.339 e. The van der Waals surface area contributed by atoms with Crippen molar-refractivity contribution >= 4 is 35.8 Å². The van der Waals surface area contributed by atoms with Crippen molar-refractivity contribution in [3.05, 3.63) is 72.3 Å². The van der Waals surface area contributed by atoms with Crippen molar-refractivity contribution in [2.24, 2.45) is 0 Å². The van der Waals surface area contributed by atoms with E-state index in [1.54, 1.807) is 19.1 Å². The first-order valence-corrected chi connectivity index (χ1v) is 12.9. The molecule has 31 heavy (non-hydrogen) atoms. The van der Waals surface area contributed by atoms with Crippen molar-refractivity contribution in [2.75, 3.05) is 5.73 Å². The van der Waals surface area contributed by atoms with Crippen LogP contribution in [0.25, 0.3) is 0 Å². The second-order valence-electron chi connectivity index (χ2n) is 6.50. The molecule has 0 saturated carbocycles. The molecule has 3 N–H and O–H groups in total. The molecule has 3 rings (SSSR count). The van der Waals surface area contributed by atoms with E-state index in [9.17, 15) is 25.3 Å². The minimum atomic E-state index is -4.44. The summed E-state index contributed by atoms with van der Waals surface area (Å²) in [6.07, 6.45) is 0.